The first kappa shape index (κ1) is 23.4. The van der Waals surface area contributed by atoms with Crippen LogP contribution in [-0.4, -0.2) is 70.9 Å². The first-order chi connectivity index (χ1) is 12.9. The highest BCUT2D eigenvalue weighted by Gasteiger charge is 2.40. The summed E-state index contributed by atoms with van der Waals surface area (Å²) >= 11 is 0. The number of amides is 2. The molecule has 8 heteroatoms. The highest BCUT2D eigenvalue weighted by atomic mass is 16.5. The smallest absolute Gasteiger partial charge is 0.333 e. The summed E-state index contributed by atoms with van der Waals surface area (Å²) in [6, 6.07) is -0.952. The monoisotopic (exact) mass is 394 g/mol. The number of nitrogens with zero attached hydrogens (tertiary/aromatic N) is 2. The molecule has 1 fully saturated rings. The van der Waals surface area contributed by atoms with Crippen molar-refractivity contribution >= 4 is 23.8 Å². The minimum Gasteiger partial charge on any atom is -0.457 e. The van der Waals surface area contributed by atoms with Gasteiger partial charge in [0.05, 0.1) is 12.1 Å². The van der Waals surface area contributed by atoms with Crippen molar-refractivity contribution in [3.05, 3.63) is 24.3 Å². The molecule has 0 aromatic heterocycles. The number of ether oxygens (including phenoxy) is 2. The lowest BCUT2D eigenvalue weighted by atomic mass is 10.1. The van der Waals surface area contributed by atoms with E-state index in [1.165, 1.54) is 23.6 Å². The predicted octanol–water partition coefficient (Wildman–Crippen LogP) is 1.45. The zero-order chi connectivity index (χ0) is 21.8. The Hall–Kier alpha value is -2.64. The Labute approximate surface area is 166 Å². The third-order valence-electron chi connectivity index (χ3n) is 4.91. The standard InChI is InChI=1S/C20H30N2O6/c1-11(2)19(25)27-15(7)13(5)21-9-10-22(18(24)17(21)23)14(6)16(8)28-20(26)12(3)4/h13-16H,1,3,9-10H2,2,4-8H3. The lowest BCUT2D eigenvalue weighted by Gasteiger charge is -2.41. The highest BCUT2D eigenvalue weighted by molar-refractivity contribution is 6.35. The summed E-state index contributed by atoms with van der Waals surface area (Å²) < 4.78 is 10.5. The normalized spacial score (nSPS) is 18.8. The molecule has 1 aliphatic rings. The molecule has 0 bridgehead atoms. The summed E-state index contributed by atoms with van der Waals surface area (Å²) in [6.45, 7) is 17.5. The minimum atomic E-state index is -0.678. The Balaban J connectivity index is 2.78. The Morgan fingerprint density at radius 1 is 0.786 bits per heavy atom. The van der Waals surface area contributed by atoms with Gasteiger partial charge in [-0.15, -0.1) is 0 Å². The Kier molecular flexibility index (Phi) is 7.96. The molecule has 0 aromatic rings. The molecule has 28 heavy (non-hydrogen) atoms. The maximum Gasteiger partial charge on any atom is 0.333 e. The molecule has 156 valence electrons. The molecular formula is C20H30N2O6. The third kappa shape index (κ3) is 5.43. The van der Waals surface area contributed by atoms with Crippen LogP contribution in [0, 0.1) is 0 Å². The van der Waals surface area contributed by atoms with E-state index >= 15 is 0 Å². The molecule has 1 rings (SSSR count). The minimum absolute atomic E-state index is 0.262. The van der Waals surface area contributed by atoms with Crippen LogP contribution in [0.4, 0.5) is 0 Å². The number of piperazine rings is 1. The molecule has 1 heterocycles. The second-order valence-electron chi connectivity index (χ2n) is 7.26. The van der Waals surface area contributed by atoms with Gasteiger partial charge in [0.15, 0.2) is 0 Å². The maximum absolute atomic E-state index is 12.6. The average Bonchev–Trinajstić information content (AvgIpc) is 2.62. The second-order valence-corrected chi connectivity index (χ2v) is 7.26. The van der Waals surface area contributed by atoms with Crippen LogP contribution in [0.5, 0.6) is 0 Å². The average molecular weight is 394 g/mol. The molecule has 4 atom stereocenters. The third-order valence-corrected chi connectivity index (χ3v) is 4.91. The van der Waals surface area contributed by atoms with Gasteiger partial charge in [-0.25, -0.2) is 9.59 Å². The summed E-state index contributed by atoms with van der Waals surface area (Å²) in [5, 5.41) is 0. The molecule has 0 spiro atoms. The molecule has 0 saturated carbocycles. The van der Waals surface area contributed by atoms with Gasteiger partial charge in [0.2, 0.25) is 0 Å². The van der Waals surface area contributed by atoms with Crippen molar-refractivity contribution < 1.29 is 28.7 Å². The highest BCUT2D eigenvalue weighted by Crippen LogP contribution is 2.18. The van der Waals surface area contributed by atoms with Gasteiger partial charge in [-0.2, -0.15) is 0 Å². The first-order valence-electron chi connectivity index (χ1n) is 9.23. The fourth-order valence-corrected chi connectivity index (χ4v) is 2.68. The Morgan fingerprint density at radius 2 is 1.07 bits per heavy atom. The summed E-state index contributed by atoms with van der Waals surface area (Å²) in [6.07, 6.45) is -1.19. The van der Waals surface area contributed by atoms with Crippen molar-refractivity contribution in [1.29, 1.82) is 0 Å². The van der Waals surface area contributed by atoms with Crippen molar-refractivity contribution in [3.8, 4) is 0 Å². The van der Waals surface area contributed by atoms with E-state index in [0.717, 1.165) is 0 Å². The fourth-order valence-electron chi connectivity index (χ4n) is 2.68. The van der Waals surface area contributed by atoms with E-state index in [2.05, 4.69) is 13.2 Å². The van der Waals surface area contributed by atoms with Crippen LogP contribution in [0.3, 0.4) is 0 Å². The number of rotatable bonds is 8. The summed E-state index contributed by atoms with van der Waals surface area (Å²) in [5.74, 6) is -2.44. The lowest BCUT2D eigenvalue weighted by Crippen LogP contribution is -2.62. The van der Waals surface area contributed by atoms with Gasteiger partial charge in [0, 0.05) is 24.2 Å². The van der Waals surface area contributed by atoms with Crippen LogP contribution >= 0.6 is 0 Å². The van der Waals surface area contributed by atoms with Crippen LogP contribution in [0.15, 0.2) is 24.3 Å². The largest absolute Gasteiger partial charge is 0.457 e. The van der Waals surface area contributed by atoms with E-state index in [4.69, 9.17) is 9.47 Å². The van der Waals surface area contributed by atoms with E-state index in [-0.39, 0.29) is 24.2 Å². The van der Waals surface area contributed by atoms with Crippen molar-refractivity contribution in [2.75, 3.05) is 13.1 Å². The molecule has 0 aromatic carbocycles. The topological polar surface area (TPSA) is 93.2 Å². The molecule has 1 aliphatic heterocycles. The molecule has 0 N–H and O–H groups in total. The van der Waals surface area contributed by atoms with Crippen molar-refractivity contribution in [2.45, 2.75) is 65.8 Å². The summed E-state index contributed by atoms with van der Waals surface area (Å²) in [5.41, 5.74) is 0.525. The molecular weight excluding hydrogens is 364 g/mol. The van der Waals surface area contributed by atoms with E-state index in [0.29, 0.717) is 0 Å². The van der Waals surface area contributed by atoms with Gasteiger partial charge in [0.1, 0.15) is 12.2 Å². The van der Waals surface area contributed by atoms with Crippen molar-refractivity contribution in [3.63, 3.8) is 0 Å². The predicted molar refractivity (Wildman–Crippen MR) is 103 cm³/mol. The number of hydrogen-bond donors (Lipinski definition) is 0. The molecule has 4 unspecified atom stereocenters. The van der Waals surface area contributed by atoms with Crippen LogP contribution in [0.2, 0.25) is 0 Å². The van der Waals surface area contributed by atoms with Crippen LogP contribution < -0.4 is 0 Å². The van der Waals surface area contributed by atoms with E-state index in [1.807, 2.05) is 0 Å². The quantitative estimate of drug-likeness (QED) is 0.351. The molecule has 0 radical (unpaired) electrons. The number of esters is 2. The number of carbonyl (C=O) groups is 4. The van der Waals surface area contributed by atoms with E-state index < -0.39 is 48.0 Å². The fraction of sp³-hybridized carbons (Fsp3) is 0.600. The molecule has 1 saturated heterocycles. The van der Waals surface area contributed by atoms with Gasteiger partial charge < -0.3 is 19.3 Å². The van der Waals surface area contributed by atoms with Crippen LogP contribution in [0.25, 0.3) is 0 Å². The van der Waals surface area contributed by atoms with Gasteiger partial charge in [-0.3, -0.25) is 9.59 Å². The molecule has 2 amide bonds. The zero-order valence-corrected chi connectivity index (χ0v) is 17.5. The van der Waals surface area contributed by atoms with Crippen molar-refractivity contribution in [2.24, 2.45) is 0 Å². The van der Waals surface area contributed by atoms with E-state index in [1.54, 1.807) is 27.7 Å². The Bertz CT molecular complexity index is 628. The number of hydrogen-bond acceptors (Lipinski definition) is 6. The van der Waals surface area contributed by atoms with Gasteiger partial charge >= 0.3 is 23.8 Å². The zero-order valence-electron chi connectivity index (χ0n) is 17.5. The lowest BCUT2D eigenvalue weighted by molar-refractivity contribution is -0.166. The number of carbonyl (C=O) groups excluding carboxylic acids is 4. The van der Waals surface area contributed by atoms with Crippen LogP contribution in [0.1, 0.15) is 41.5 Å². The van der Waals surface area contributed by atoms with E-state index in [9.17, 15) is 19.2 Å². The second kappa shape index (κ2) is 9.52. The Morgan fingerprint density at radius 3 is 1.32 bits per heavy atom. The van der Waals surface area contributed by atoms with Crippen LogP contribution in [-0.2, 0) is 28.7 Å². The SMILES string of the molecule is C=C(C)C(=O)OC(C)C(C)N1CCN(C(C)C(C)OC(=O)C(=C)C)C(=O)C1=O. The first-order valence-corrected chi connectivity index (χ1v) is 9.23. The summed E-state index contributed by atoms with van der Waals surface area (Å²) in [4.78, 5) is 51.4. The summed E-state index contributed by atoms with van der Waals surface area (Å²) in [7, 11) is 0. The molecule has 0 aliphatic carbocycles. The van der Waals surface area contributed by atoms with Crippen molar-refractivity contribution in [1.82, 2.24) is 9.80 Å². The maximum atomic E-state index is 12.6. The van der Waals surface area contributed by atoms with Gasteiger partial charge in [-0.1, -0.05) is 13.2 Å². The molecule has 8 nitrogen and oxygen atoms in total. The van der Waals surface area contributed by atoms with Gasteiger partial charge in [0.25, 0.3) is 0 Å². The van der Waals surface area contributed by atoms with Gasteiger partial charge in [-0.05, 0) is 41.5 Å².